The molecule has 0 aromatic heterocycles. The predicted molar refractivity (Wildman–Crippen MR) is 122 cm³/mol. The SMILES string of the molecule is COc1ccc(C2=C(Nc3ccc4c(c3)OCO4)C(=O)N(c3ccc(OC)cc3)C2=O)cc1. The summed E-state index contributed by atoms with van der Waals surface area (Å²) < 4.78 is 21.2. The van der Waals surface area contributed by atoms with Gasteiger partial charge in [-0.25, -0.2) is 4.90 Å². The number of benzene rings is 3. The molecule has 0 bridgehead atoms. The molecule has 3 aromatic carbocycles. The summed E-state index contributed by atoms with van der Waals surface area (Å²) in [6.07, 6.45) is 0. The van der Waals surface area contributed by atoms with E-state index in [1.54, 1.807) is 80.9 Å². The van der Waals surface area contributed by atoms with Crippen molar-refractivity contribution in [1.82, 2.24) is 0 Å². The van der Waals surface area contributed by atoms with E-state index in [-0.39, 0.29) is 18.1 Å². The first-order valence-corrected chi connectivity index (χ1v) is 10.2. The van der Waals surface area contributed by atoms with Crippen molar-refractivity contribution in [3.63, 3.8) is 0 Å². The van der Waals surface area contributed by atoms with Crippen LogP contribution in [0.25, 0.3) is 5.57 Å². The lowest BCUT2D eigenvalue weighted by Gasteiger charge is -2.16. The second kappa shape index (κ2) is 8.23. The van der Waals surface area contributed by atoms with E-state index in [2.05, 4.69) is 5.32 Å². The molecule has 2 heterocycles. The molecule has 5 rings (SSSR count). The summed E-state index contributed by atoms with van der Waals surface area (Å²) in [4.78, 5) is 28.1. The average Bonchev–Trinajstić information content (AvgIpc) is 3.41. The number of rotatable bonds is 6. The summed E-state index contributed by atoms with van der Waals surface area (Å²) >= 11 is 0. The van der Waals surface area contributed by atoms with Gasteiger partial charge in [-0.15, -0.1) is 0 Å². The fourth-order valence-electron chi connectivity index (χ4n) is 3.76. The van der Waals surface area contributed by atoms with Crippen LogP contribution in [0.15, 0.2) is 72.4 Å². The number of imide groups is 1. The molecule has 3 aromatic rings. The van der Waals surface area contributed by atoms with Gasteiger partial charge in [-0.05, 0) is 54.1 Å². The van der Waals surface area contributed by atoms with E-state index in [9.17, 15) is 9.59 Å². The number of ether oxygens (including phenoxy) is 4. The van der Waals surface area contributed by atoms with Crippen LogP contribution in [-0.2, 0) is 9.59 Å². The minimum Gasteiger partial charge on any atom is -0.497 e. The number of fused-ring (bicyclic) bond motifs is 1. The van der Waals surface area contributed by atoms with Gasteiger partial charge >= 0.3 is 0 Å². The smallest absolute Gasteiger partial charge is 0.282 e. The van der Waals surface area contributed by atoms with Crippen LogP contribution in [0, 0.1) is 0 Å². The van der Waals surface area contributed by atoms with Gasteiger partial charge in [-0.2, -0.15) is 0 Å². The molecule has 0 spiro atoms. The van der Waals surface area contributed by atoms with Crippen LogP contribution in [0.2, 0.25) is 0 Å². The standard InChI is InChI=1S/C25H20N2O6/c1-30-18-8-3-15(4-9-18)22-23(26-16-5-12-20-21(13-16)33-14-32-20)25(29)27(24(22)28)17-6-10-19(31-2)11-7-17/h3-13,26H,14H2,1-2H3. The summed E-state index contributed by atoms with van der Waals surface area (Å²) in [5.74, 6) is 1.56. The van der Waals surface area contributed by atoms with Crippen molar-refractivity contribution in [3.05, 3.63) is 78.0 Å². The number of amides is 2. The van der Waals surface area contributed by atoms with E-state index < -0.39 is 11.8 Å². The van der Waals surface area contributed by atoms with E-state index in [4.69, 9.17) is 18.9 Å². The van der Waals surface area contributed by atoms with Crippen molar-refractivity contribution in [2.45, 2.75) is 0 Å². The van der Waals surface area contributed by atoms with Crippen molar-refractivity contribution >= 4 is 28.8 Å². The van der Waals surface area contributed by atoms with Crippen LogP contribution < -0.4 is 29.2 Å². The van der Waals surface area contributed by atoms with Crippen molar-refractivity contribution in [2.24, 2.45) is 0 Å². The molecule has 33 heavy (non-hydrogen) atoms. The number of nitrogens with one attached hydrogen (secondary N) is 1. The third kappa shape index (κ3) is 3.61. The molecule has 2 aliphatic heterocycles. The molecule has 166 valence electrons. The highest BCUT2D eigenvalue weighted by Gasteiger charge is 2.40. The zero-order chi connectivity index (χ0) is 22.9. The molecule has 0 radical (unpaired) electrons. The highest BCUT2D eigenvalue weighted by atomic mass is 16.7. The van der Waals surface area contributed by atoms with Gasteiger partial charge in [0.15, 0.2) is 11.5 Å². The Morgan fingerprint density at radius 1 is 0.788 bits per heavy atom. The van der Waals surface area contributed by atoms with E-state index in [0.29, 0.717) is 39.9 Å². The van der Waals surface area contributed by atoms with Crippen LogP contribution in [0.1, 0.15) is 5.56 Å². The van der Waals surface area contributed by atoms with Gasteiger partial charge in [-0.3, -0.25) is 9.59 Å². The highest BCUT2D eigenvalue weighted by molar-refractivity contribution is 6.46. The maximum Gasteiger partial charge on any atom is 0.282 e. The Bertz CT molecular complexity index is 1270. The van der Waals surface area contributed by atoms with Gasteiger partial charge in [0.1, 0.15) is 17.2 Å². The number of nitrogens with zero attached hydrogens (tertiary/aromatic N) is 1. The zero-order valence-corrected chi connectivity index (χ0v) is 18.0. The third-order valence-electron chi connectivity index (χ3n) is 5.44. The Balaban J connectivity index is 1.56. The molecule has 0 unspecified atom stereocenters. The van der Waals surface area contributed by atoms with Gasteiger partial charge in [0.25, 0.3) is 11.8 Å². The van der Waals surface area contributed by atoms with Crippen molar-refractivity contribution in [3.8, 4) is 23.0 Å². The molecule has 0 aliphatic carbocycles. The zero-order valence-electron chi connectivity index (χ0n) is 18.0. The van der Waals surface area contributed by atoms with E-state index >= 15 is 0 Å². The van der Waals surface area contributed by atoms with Gasteiger partial charge in [0.2, 0.25) is 6.79 Å². The number of hydrogen-bond acceptors (Lipinski definition) is 7. The number of methoxy groups -OCH3 is 2. The minimum absolute atomic E-state index is 0.140. The predicted octanol–water partition coefficient (Wildman–Crippen LogP) is 3.83. The van der Waals surface area contributed by atoms with Crippen LogP contribution >= 0.6 is 0 Å². The van der Waals surface area contributed by atoms with Gasteiger partial charge < -0.3 is 24.3 Å². The third-order valence-corrected chi connectivity index (χ3v) is 5.44. The summed E-state index contributed by atoms with van der Waals surface area (Å²) in [6.45, 7) is 0.140. The first kappa shape index (κ1) is 20.4. The number of carbonyl (C=O) groups is 2. The van der Waals surface area contributed by atoms with Crippen LogP contribution in [-0.4, -0.2) is 32.8 Å². The normalized spacial score (nSPS) is 14.7. The van der Waals surface area contributed by atoms with E-state index in [0.717, 1.165) is 4.90 Å². The van der Waals surface area contributed by atoms with Gasteiger partial charge in [-0.1, -0.05) is 12.1 Å². The molecule has 2 amide bonds. The first-order chi connectivity index (χ1) is 16.1. The summed E-state index contributed by atoms with van der Waals surface area (Å²) in [7, 11) is 3.12. The maximum atomic E-state index is 13.5. The molecule has 0 atom stereocenters. The quantitative estimate of drug-likeness (QED) is 0.579. The molecule has 0 fully saturated rings. The number of hydrogen-bond donors (Lipinski definition) is 1. The Morgan fingerprint density at radius 2 is 1.42 bits per heavy atom. The fourth-order valence-corrected chi connectivity index (χ4v) is 3.76. The molecule has 1 N–H and O–H groups in total. The minimum atomic E-state index is -0.464. The van der Waals surface area contributed by atoms with Crippen molar-refractivity contribution in [2.75, 3.05) is 31.2 Å². The first-order valence-electron chi connectivity index (χ1n) is 10.2. The van der Waals surface area contributed by atoms with Gasteiger partial charge in [0.05, 0.1) is 25.5 Å². The molecule has 8 nitrogen and oxygen atoms in total. The molecule has 0 saturated heterocycles. The largest absolute Gasteiger partial charge is 0.497 e. The van der Waals surface area contributed by atoms with Gasteiger partial charge in [0, 0.05) is 11.8 Å². The molecule has 0 saturated carbocycles. The lowest BCUT2D eigenvalue weighted by Crippen LogP contribution is -2.32. The second-order valence-corrected chi connectivity index (χ2v) is 7.32. The highest BCUT2D eigenvalue weighted by Crippen LogP contribution is 2.38. The monoisotopic (exact) mass is 444 g/mol. The average molecular weight is 444 g/mol. The Morgan fingerprint density at radius 3 is 2.09 bits per heavy atom. The lowest BCUT2D eigenvalue weighted by atomic mass is 10.0. The molecular weight excluding hydrogens is 424 g/mol. The fraction of sp³-hybridized carbons (Fsp3) is 0.120. The Labute approximate surface area is 189 Å². The maximum absolute atomic E-state index is 13.5. The van der Waals surface area contributed by atoms with Crippen molar-refractivity contribution in [1.29, 1.82) is 0 Å². The summed E-state index contributed by atoms with van der Waals surface area (Å²) in [5, 5.41) is 3.13. The van der Waals surface area contributed by atoms with Crippen LogP contribution in [0.5, 0.6) is 23.0 Å². The van der Waals surface area contributed by atoms with E-state index in [1.165, 1.54) is 0 Å². The summed E-state index contributed by atoms with van der Waals surface area (Å²) in [5.41, 5.74) is 2.06. The number of carbonyl (C=O) groups excluding carboxylic acids is 2. The molecule has 2 aliphatic rings. The lowest BCUT2D eigenvalue weighted by molar-refractivity contribution is -0.120. The number of anilines is 2. The molecule has 8 heteroatoms. The molecular formula is C25H20N2O6. The van der Waals surface area contributed by atoms with Crippen molar-refractivity contribution < 1.29 is 28.5 Å². The summed E-state index contributed by atoms with van der Waals surface area (Å²) in [6, 6.07) is 19.0. The van der Waals surface area contributed by atoms with Crippen LogP contribution in [0.4, 0.5) is 11.4 Å². The van der Waals surface area contributed by atoms with Crippen LogP contribution in [0.3, 0.4) is 0 Å². The Hall–Kier alpha value is -4.46. The van der Waals surface area contributed by atoms with E-state index in [1.807, 2.05) is 0 Å². The second-order valence-electron chi connectivity index (χ2n) is 7.32. The topological polar surface area (TPSA) is 86.3 Å². The Kier molecular flexibility index (Phi) is 5.10.